The van der Waals surface area contributed by atoms with Crippen LogP contribution in [-0.4, -0.2) is 27.7 Å². The molecule has 0 bridgehead atoms. The Morgan fingerprint density at radius 3 is 2.54 bits per heavy atom. The molecule has 0 amide bonds. The molecule has 0 saturated carbocycles. The second kappa shape index (κ2) is 7.47. The Labute approximate surface area is 148 Å². The van der Waals surface area contributed by atoms with Crippen molar-refractivity contribution in [1.29, 1.82) is 0 Å². The van der Waals surface area contributed by atoms with E-state index in [1.54, 1.807) is 13.0 Å². The second-order valence-electron chi connectivity index (χ2n) is 4.94. The molecule has 1 aromatic carbocycles. The number of hydrogen-bond acceptors (Lipinski definition) is 5. The highest BCUT2D eigenvalue weighted by Gasteiger charge is 2.34. The average Bonchev–Trinajstić information content (AvgIpc) is 2.49. The van der Waals surface area contributed by atoms with E-state index in [0.717, 1.165) is 0 Å². The molecule has 2 aromatic rings. The molecular weight excluding hydrogens is 443 g/mol. The van der Waals surface area contributed by atoms with Gasteiger partial charge in [0.2, 0.25) is 5.95 Å². The van der Waals surface area contributed by atoms with Crippen LogP contribution in [0, 0.1) is 9.39 Å². The number of aliphatic hydroxyl groups is 1. The molecule has 10 heteroatoms. The number of alkyl halides is 3. The predicted octanol–water partition coefficient (Wildman–Crippen LogP) is 3.78. The van der Waals surface area contributed by atoms with Crippen LogP contribution in [-0.2, 0) is 6.18 Å². The van der Waals surface area contributed by atoms with E-state index in [-0.39, 0.29) is 24.1 Å². The molecule has 3 N–H and O–H groups in total. The van der Waals surface area contributed by atoms with Crippen molar-refractivity contribution in [1.82, 2.24) is 9.97 Å². The van der Waals surface area contributed by atoms with Crippen LogP contribution in [0.1, 0.15) is 12.6 Å². The maximum atomic E-state index is 13.9. The fourth-order valence-corrected chi connectivity index (χ4v) is 2.17. The zero-order valence-electron chi connectivity index (χ0n) is 12.3. The summed E-state index contributed by atoms with van der Waals surface area (Å²) in [5, 5.41) is 14.0. The van der Waals surface area contributed by atoms with Crippen LogP contribution in [0.4, 0.5) is 35.0 Å². The number of anilines is 3. The van der Waals surface area contributed by atoms with Gasteiger partial charge in [-0.3, -0.25) is 0 Å². The Morgan fingerprint density at radius 1 is 1.25 bits per heavy atom. The van der Waals surface area contributed by atoms with Crippen LogP contribution in [0.3, 0.4) is 0 Å². The van der Waals surface area contributed by atoms with E-state index < -0.39 is 23.7 Å². The topological polar surface area (TPSA) is 70.1 Å². The number of nitrogens with zero attached hydrogens (tertiary/aromatic N) is 2. The molecule has 0 saturated heterocycles. The van der Waals surface area contributed by atoms with Gasteiger partial charge < -0.3 is 15.7 Å². The molecular formula is C14H13F4IN4O. The summed E-state index contributed by atoms with van der Waals surface area (Å²) in [5.41, 5.74) is -1.19. The third-order valence-corrected chi connectivity index (χ3v) is 3.53. The van der Waals surface area contributed by atoms with E-state index in [9.17, 15) is 17.6 Å². The van der Waals surface area contributed by atoms with Crippen LogP contribution in [0.15, 0.2) is 24.3 Å². The van der Waals surface area contributed by atoms with Crippen molar-refractivity contribution in [3.63, 3.8) is 0 Å². The molecule has 1 aromatic heterocycles. The molecule has 24 heavy (non-hydrogen) atoms. The Balaban J connectivity index is 2.38. The molecule has 0 aliphatic heterocycles. The molecule has 1 atom stereocenters. The third-order valence-electron chi connectivity index (χ3n) is 2.86. The quantitative estimate of drug-likeness (QED) is 0.472. The highest BCUT2D eigenvalue weighted by atomic mass is 127. The molecule has 0 aliphatic carbocycles. The maximum Gasteiger partial charge on any atom is 0.433 e. The van der Waals surface area contributed by atoms with Gasteiger partial charge in [-0.15, -0.1) is 0 Å². The highest BCUT2D eigenvalue weighted by molar-refractivity contribution is 14.1. The number of halogens is 5. The van der Waals surface area contributed by atoms with Crippen LogP contribution >= 0.6 is 22.6 Å². The van der Waals surface area contributed by atoms with Crippen molar-refractivity contribution < 1.29 is 22.7 Å². The number of rotatable bonds is 5. The van der Waals surface area contributed by atoms with Crippen molar-refractivity contribution in [3.05, 3.63) is 39.3 Å². The summed E-state index contributed by atoms with van der Waals surface area (Å²) in [7, 11) is 0. The van der Waals surface area contributed by atoms with Crippen LogP contribution in [0.2, 0.25) is 0 Å². The van der Waals surface area contributed by atoms with Gasteiger partial charge in [-0.05, 0) is 47.7 Å². The maximum absolute atomic E-state index is 13.9. The molecule has 1 heterocycles. The van der Waals surface area contributed by atoms with Gasteiger partial charge in [0.25, 0.3) is 0 Å². The molecule has 5 nitrogen and oxygen atoms in total. The summed E-state index contributed by atoms with van der Waals surface area (Å²) < 4.78 is 53.4. The zero-order valence-corrected chi connectivity index (χ0v) is 14.5. The van der Waals surface area contributed by atoms with Gasteiger partial charge in [-0.1, -0.05) is 0 Å². The van der Waals surface area contributed by atoms with Crippen molar-refractivity contribution in [3.8, 4) is 0 Å². The monoisotopic (exact) mass is 456 g/mol. The SMILES string of the molecule is C[C@@H](CO)Nc1nc(Nc2ccc(I)cc2F)cc(C(F)(F)F)n1. The summed E-state index contributed by atoms with van der Waals surface area (Å²) in [6.07, 6.45) is -4.69. The Bertz CT molecular complexity index is 726. The molecule has 0 fully saturated rings. The minimum atomic E-state index is -4.69. The molecule has 130 valence electrons. The number of aliphatic hydroxyl groups excluding tert-OH is 1. The van der Waals surface area contributed by atoms with Gasteiger partial charge in [0.1, 0.15) is 11.6 Å². The van der Waals surface area contributed by atoms with Crippen molar-refractivity contribution >= 4 is 40.0 Å². The fourth-order valence-electron chi connectivity index (χ4n) is 1.72. The van der Waals surface area contributed by atoms with Gasteiger partial charge >= 0.3 is 6.18 Å². The van der Waals surface area contributed by atoms with E-state index in [2.05, 4.69) is 20.6 Å². The standard InChI is InChI=1S/C14H13F4IN4O/c1-7(6-24)20-13-22-11(14(16,17)18)5-12(23-13)21-10-3-2-8(19)4-9(10)15/h2-5,7,24H,6H2,1H3,(H2,20,21,22,23)/t7-/m0/s1. The highest BCUT2D eigenvalue weighted by Crippen LogP contribution is 2.31. The Kier molecular flexibility index (Phi) is 5.80. The molecule has 0 aliphatic rings. The van der Waals surface area contributed by atoms with Crippen molar-refractivity contribution in [2.45, 2.75) is 19.1 Å². The molecule has 0 radical (unpaired) electrons. The Morgan fingerprint density at radius 2 is 1.96 bits per heavy atom. The van der Waals surface area contributed by atoms with E-state index in [1.807, 2.05) is 22.6 Å². The van der Waals surface area contributed by atoms with E-state index >= 15 is 0 Å². The van der Waals surface area contributed by atoms with Gasteiger partial charge in [-0.2, -0.15) is 18.2 Å². The first-order chi connectivity index (χ1) is 11.2. The van der Waals surface area contributed by atoms with Gasteiger partial charge in [0, 0.05) is 15.7 Å². The fraction of sp³-hybridized carbons (Fsp3) is 0.286. The lowest BCUT2D eigenvalue weighted by Crippen LogP contribution is -2.22. The molecule has 0 spiro atoms. The van der Waals surface area contributed by atoms with E-state index in [4.69, 9.17) is 5.11 Å². The summed E-state index contributed by atoms with van der Waals surface area (Å²) in [5.74, 6) is -1.16. The third kappa shape index (κ3) is 4.90. The minimum Gasteiger partial charge on any atom is -0.394 e. The number of nitrogens with one attached hydrogen (secondary N) is 2. The lowest BCUT2D eigenvalue weighted by molar-refractivity contribution is -0.141. The molecule has 0 unspecified atom stereocenters. The largest absolute Gasteiger partial charge is 0.433 e. The first-order valence-electron chi connectivity index (χ1n) is 6.75. The lowest BCUT2D eigenvalue weighted by Gasteiger charge is -2.15. The van der Waals surface area contributed by atoms with Crippen LogP contribution < -0.4 is 10.6 Å². The van der Waals surface area contributed by atoms with Crippen LogP contribution in [0.5, 0.6) is 0 Å². The van der Waals surface area contributed by atoms with E-state index in [0.29, 0.717) is 9.64 Å². The zero-order chi connectivity index (χ0) is 17.9. The van der Waals surface area contributed by atoms with Gasteiger partial charge in [0.15, 0.2) is 5.69 Å². The smallest absolute Gasteiger partial charge is 0.394 e. The van der Waals surface area contributed by atoms with Gasteiger partial charge in [0.05, 0.1) is 12.3 Å². The number of aromatic nitrogens is 2. The van der Waals surface area contributed by atoms with E-state index in [1.165, 1.54) is 12.1 Å². The predicted molar refractivity (Wildman–Crippen MR) is 89.6 cm³/mol. The second-order valence-corrected chi connectivity index (χ2v) is 6.18. The number of hydrogen-bond donors (Lipinski definition) is 3. The first-order valence-corrected chi connectivity index (χ1v) is 7.82. The molecule has 2 rings (SSSR count). The van der Waals surface area contributed by atoms with Crippen molar-refractivity contribution in [2.75, 3.05) is 17.2 Å². The van der Waals surface area contributed by atoms with Gasteiger partial charge in [-0.25, -0.2) is 9.37 Å². The first kappa shape index (κ1) is 18.6. The summed E-state index contributed by atoms with van der Waals surface area (Å²) in [6.45, 7) is 1.24. The average molecular weight is 456 g/mol. The number of benzene rings is 1. The summed E-state index contributed by atoms with van der Waals surface area (Å²) in [4.78, 5) is 7.26. The van der Waals surface area contributed by atoms with Crippen LogP contribution in [0.25, 0.3) is 0 Å². The normalized spacial score (nSPS) is 12.8. The lowest BCUT2D eigenvalue weighted by atomic mass is 10.3. The Hall–Kier alpha value is -1.69. The van der Waals surface area contributed by atoms with Crippen molar-refractivity contribution in [2.24, 2.45) is 0 Å². The summed E-state index contributed by atoms with van der Waals surface area (Å²) >= 11 is 1.92. The summed E-state index contributed by atoms with van der Waals surface area (Å²) in [6, 6.07) is 4.38. The minimum absolute atomic E-state index is 0.0107.